The van der Waals surface area contributed by atoms with E-state index < -0.39 is 5.82 Å². The normalized spacial score (nSPS) is 12.3. The van der Waals surface area contributed by atoms with Crippen molar-refractivity contribution in [3.8, 4) is 11.8 Å². The first kappa shape index (κ1) is 24.0. The van der Waals surface area contributed by atoms with Crippen molar-refractivity contribution in [1.29, 1.82) is 5.26 Å². The molecule has 1 aliphatic heterocycles. The van der Waals surface area contributed by atoms with Gasteiger partial charge in [0.1, 0.15) is 24.1 Å². The number of carbonyl (C=O) groups is 1. The zero-order valence-corrected chi connectivity index (χ0v) is 20.1. The van der Waals surface area contributed by atoms with Crippen molar-refractivity contribution in [2.24, 2.45) is 0 Å². The van der Waals surface area contributed by atoms with E-state index in [0.29, 0.717) is 23.3 Å². The van der Waals surface area contributed by atoms with E-state index in [1.54, 1.807) is 22.8 Å². The molecule has 3 aromatic rings. The van der Waals surface area contributed by atoms with Crippen LogP contribution in [-0.2, 0) is 17.9 Å². The predicted molar refractivity (Wildman–Crippen MR) is 133 cm³/mol. The number of carbonyl (C=O) groups excluding carboxylic acids is 1. The molecular formula is C25H23FN6O2S. The van der Waals surface area contributed by atoms with Crippen LogP contribution in [0.25, 0.3) is 0 Å². The molecule has 0 saturated carbocycles. The van der Waals surface area contributed by atoms with E-state index >= 15 is 0 Å². The van der Waals surface area contributed by atoms with Gasteiger partial charge in [-0.15, -0.1) is 16.8 Å². The zero-order chi connectivity index (χ0) is 24.9. The number of anilines is 2. The van der Waals surface area contributed by atoms with Gasteiger partial charge in [0.25, 0.3) is 0 Å². The van der Waals surface area contributed by atoms with E-state index in [9.17, 15) is 14.4 Å². The van der Waals surface area contributed by atoms with E-state index in [-0.39, 0.29) is 29.5 Å². The fourth-order valence-electron chi connectivity index (χ4n) is 3.81. The van der Waals surface area contributed by atoms with Gasteiger partial charge in [0.2, 0.25) is 0 Å². The fourth-order valence-corrected chi connectivity index (χ4v) is 4.65. The maximum absolute atomic E-state index is 13.9. The molecule has 0 fully saturated rings. The number of aromatic nitrogens is 3. The molecule has 0 aliphatic carbocycles. The van der Waals surface area contributed by atoms with Gasteiger partial charge in [-0.3, -0.25) is 9.36 Å². The number of hydrogen-bond donors (Lipinski definition) is 0. The van der Waals surface area contributed by atoms with Crippen LogP contribution in [-0.4, -0.2) is 40.4 Å². The topological polar surface area (TPSA) is 87.3 Å². The molecule has 10 heteroatoms. The van der Waals surface area contributed by atoms with Crippen LogP contribution < -0.4 is 14.5 Å². The van der Waals surface area contributed by atoms with Gasteiger partial charge in [-0.1, -0.05) is 42.1 Å². The standard InChI is InChI=1S/C25H23FN6O2S/c1-4-13-32-23(15-34-22-12-8-5-9-18(22)26)28-29-25(32)35-16-21(33)17(14-27)24-30(2)19-10-6-7-11-20(19)31(24)3/h4-12H,1,13,15-16H2,2-3H3. The molecule has 8 nitrogen and oxygen atoms in total. The van der Waals surface area contributed by atoms with Crippen LogP contribution in [0.4, 0.5) is 15.8 Å². The minimum atomic E-state index is -0.469. The Labute approximate surface area is 206 Å². The third-order valence-electron chi connectivity index (χ3n) is 5.49. The molecule has 0 atom stereocenters. The second-order valence-electron chi connectivity index (χ2n) is 7.65. The largest absolute Gasteiger partial charge is 0.483 e. The molecule has 0 bridgehead atoms. The zero-order valence-electron chi connectivity index (χ0n) is 19.3. The number of benzene rings is 2. The molecule has 2 heterocycles. The summed E-state index contributed by atoms with van der Waals surface area (Å²) in [4.78, 5) is 16.8. The van der Waals surface area contributed by atoms with E-state index in [1.807, 2.05) is 48.2 Å². The number of thioether (sulfide) groups is 1. The summed E-state index contributed by atoms with van der Waals surface area (Å²) in [6, 6.07) is 15.9. The minimum Gasteiger partial charge on any atom is -0.483 e. The number of nitriles is 1. The van der Waals surface area contributed by atoms with Crippen molar-refractivity contribution in [2.75, 3.05) is 29.6 Å². The Morgan fingerprint density at radius 3 is 2.43 bits per heavy atom. The molecule has 0 radical (unpaired) electrons. The molecule has 0 spiro atoms. The summed E-state index contributed by atoms with van der Waals surface area (Å²) >= 11 is 1.17. The summed E-state index contributed by atoms with van der Waals surface area (Å²) in [6.07, 6.45) is 1.67. The van der Waals surface area contributed by atoms with E-state index in [4.69, 9.17) is 4.74 Å². The third kappa shape index (κ3) is 4.76. The number of ketones is 1. The van der Waals surface area contributed by atoms with Crippen LogP contribution in [0.2, 0.25) is 0 Å². The average molecular weight is 491 g/mol. The first-order chi connectivity index (χ1) is 17.0. The molecule has 4 rings (SSSR count). The summed E-state index contributed by atoms with van der Waals surface area (Å²) in [6.45, 7) is 4.14. The number of para-hydroxylation sites is 3. The number of halogens is 1. The number of hydrogen-bond acceptors (Lipinski definition) is 8. The molecule has 35 heavy (non-hydrogen) atoms. The van der Waals surface area contributed by atoms with Crippen molar-refractivity contribution in [3.63, 3.8) is 0 Å². The molecule has 0 unspecified atom stereocenters. The molecule has 2 aromatic carbocycles. The van der Waals surface area contributed by atoms with Gasteiger partial charge in [0.15, 0.2) is 28.3 Å². The number of ether oxygens (including phenoxy) is 1. The van der Waals surface area contributed by atoms with Crippen molar-refractivity contribution in [2.45, 2.75) is 18.3 Å². The number of rotatable bonds is 9. The van der Waals surface area contributed by atoms with Crippen molar-refractivity contribution < 1.29 is 13.9 Å². The molecule has 1 aromatic heterocycles. The van der Waals surface area contributed by atoms with Crippen LogP contribution in [0, 0.1) is 17.1 Å². The van der Waals surface area contributed by atoms with Crippen LogP contribution in [0.3, 0.4) is 0 Å². The van der Waals surface area contributed by atoms with Crippen molar-refractivity contribution in [1.82, 2.24) is 14.8 Å². The first-order valence-corrected chi connectivity index (χ1v) is 11.7. The lowest BCUT2D eigenvalue weighted by atomic mass is 10.2. The van der Waals surface area contributed by atoms with Crippen LogP contribution >= 0.6 is 11.8 Å². The molecule has 0 amide bonds. The van der Waals surface area contributed by atoms with Crippen molar-refractivity contribution in [3.05, 3.63) is 84.2 Å². The number of Topliss-reactive ketones (excluding diaryl/α,β-unsaturated/α-hetero) is 1. The maximum atomic E-state index is 13.9. The van der Waals surface area contributed by atoms with Gasteiger partial charge in [-0.25, -0.2) is 4.39 Å². The Hall–Kier alpha value is -4.10. The second kappa shape index (κ2) is 10.4. The molecule has 178 valence electrons. The minimum absolute atomic E-state index is 0.00236. The molecule has 0 N–H and O–H groups in total. The van der Waals surface area contributed by atoms with Crippen LogP contribution in [0.1, 0.15) is 5.82 Å². The van der Waals surface area contributed by atoms with Gasteiger partial charge >= 0.3 is 0 Å². The predicted octanol–water partition coefficient (Wildman–Crippen LogP) is 4.16. The quantitative estimate of drug-likeness (QED) is 0.191. The maximum Gasteiger partial charge on any atom is 0.192 e. The van der Waals surface area contributed by atoms with Gasteiger partial charge in [0, 0.05) is 20.6 Å². The van der Waals surface area contributed by atoms with Crippen LogP contribution in [0.5, 0.6) is 5.75 Å². The monoisotopic (exact) mass is 490 g/mol. The second-order valence-corrected chi connectivity index (χ2v) is 8.59. The Morgan fingerprint density at radius 1 is 1.14 bits per heavy atom. The summed E-state index contributed by atoms with van der Waals surface area (Å²) in [7, 11) is 3.66. The first-order valence-electron chi connectivity index (χ1n) is 10.7. The van der Waals surface area contributed by atoms with Crippen LogP contribution in [0.15, 0.2) is 77.7 Å². The lowest BCUT2D eigenvalue weighted by Gasteiger charge is -2.19. The smallest absolute Gasteiger partial charge is 0.192 e. The summed E-state index contributed by atoms with van der Waals surface area (Å²) in [5.74, 6) is 0.313. The Bertz CT molecular complexity index is 1310. The van der Waals surface area contributed by atoms with Gasteiger partial charge in [-0.2, -0.15) is 5.26 Å². The molecular weight excluding hydrogens is 467 g/mol. The Balaban J connectivity index is 1.50. The highest BCUT2D eigenvalue weighted by molar-refractivity contribution is 7.99. The number of allylic oxidation sites excluding steroid dienone is 2. The van der Waals surface area contributed by atoms with E-state index in [0.717, 1.165) is 11.4 Å². The Morgan fingerprint density at radius 2 is 1.80 bits per heavy atom. The number of nitrogens with zero attached hydrogens (tertiary/aromatic N) is 6. The lowest BCUT2D eigenvalue weighted by Crippen LogP contribution is -2.26. The van der Waals surface area contributed by atoms with E-state index in [1.165, 1.54) is 23.9 Å². The fraction of sp³-hybridized carbons (Fsp3) is 0.200. The summed E-state index contributed by atoms with van der Waals surface area (Å²) in [5.41, 5.74) is 1.91. The highest BCUT2D eigenvalue weighted by Gasteiger charge is 2.31. The molecule has 1 aliphatic rings. The van der Waals surface area contributed by atoms with Gasteiger partial charge < -0.3 is 14.5 Å². The highest BCUT2D eigenvalue weighted by atomic mass is 32.2. The lowest BCUT2D eigenvalue weighted by molar-refractivity contribution is -0.112. The number of fused-ring (bicyclic) bond motifs is 1. The third-order valence-corrected chi connectivity index (χ3v) is 6.45. The van der Waals surface area contributed by atoms with Crippen molar-refractivity contribution >= 4 is 28.9 Å². The van der Waals surface area contributed by atoms with Gasteiger partial charge in [-0.05, 0) is 24.3 Å². The van der Waals surface area contributed by atoms with Gasteiger partial charge in [0.05, 0.1) is 17.1 Å². The summed E-state index contributed by atoms with van der Waals surface area (Å²) in [5, 5.41) is 18.6. The SMILES string of the molecule is C=CCn1c(COc2ccccc2F)nnc1SCC(=O)C(C#N)=C1N(C)c2ccccc2N1C. The highest BCUT2D eigenvalue weighted by Crippen LogP contribution is 2.40. The van der Waals surface area contributed by atoms with E-state index in [2.05, 4.69) is 22.8 Å². The Kier molecular flexibility index (Phi) is 7.17. The average Bonchev–Trinajstić information content (AvgIpc) is 3.36. The summed E-state index contributed by atoms with van der Waals surface area (Å²) < 4.78 is 21.2. The molecule has 0 saturated heterocycles.